The van der Waals surface area contributed by atoms with Crippen LogP contribution in [0.4, 0.5) is 0 Å². The van der Waals surface area contributed by atoms with Gasteiger partial charge >= 0.3 is 0 Å². The van der Waals surface area contributed by atoms with Crippen molar-refractivity contribution in [3.63, 3.8) is 0 Å². The zero-order chi connectivity index (χ0) is 9.14. The minimum atomic E-state index is -0.112. The molecule has 0 amide bonds. The maximum absolute atomic E-state index is 7.08. The molecule has 0 fully saturated rings. The highest BCUT2D eigenvalue weighted by Crippen LogP contribution is 2.20. The van der Waals surface area contributed by atoms with E-state index >= 15 is 0 Å². The maximum Gasteiger partial charge on any atom is 0.171 e. The smallest absolute Gasteiger partial charge is 0.171 e. The fourth-order valence-electron chi connectivity index (χ4n) is 0.724. The van der Waals surface area contributed by atoms with Crippen LogP contribution in [0.1, 0.15) is 5.69 Å². The van der Waals surface area contributed by atoms with Crippen molar-refractivity contribution in [1.82, 2.24) is 4.98 Å². The van der Waals surface area contributed by atoms with Gasteiger partial charge in [0.25, 0.3) is 0 Å². The molecule has 64 valence electrons. The number of halogens is 1. The van der Waals surface area contributed by atoms with Crippen LogP contribution >= 0.6 is 11.6 Å². The Morgan fingerprint density at radius 1 is 1.67 bits per heavy atom. The van der Waals surface area contributed by atoms with E-state index in [9.17, 15) is 0 Å². The first kappa shape index (κ1) is 8.80. The number of nitrogen functional groups attached to an aromatic ring is 1. The molecule has 4 nitrogen and oxygen atoms in total. The Bertz CT molecular complexity index is 314. The topological polar surface area (TPSA) is 72.0 Å². The van der Waals surface area contributed by atoms with Crippen molar-refractivity contribution in [1.29, 1.82) is 5.41 Å². The van der Waals surface area contributed by atoms with Gasteiger partial charge in [-0.3, -0.25) is 5.41 Å². The Hall–Kier alpha value is -1.29. The molecule has 0 saturated carbocycles. The number of nitrogens with zero attached hydrogens (tertiary/aromatic N) is 1. The molecule has 0 aromatic carbocycles. The maximum atomic E-state index is 7.08. The molecule has 5 heteroatoms. The van der Waals surface area contributed by atoms with Crippen molar-refractivity contribution < 1.29 is 4.74 Å². The van der Waals surface area contributed by atoms with Crippen LogP contribution in [0.3, 0.4) is 0 Å². The molecule has 0 aliphatic rings. The molecular weight excluding hydrogens is 178 g/mol. The number of hydrogen-bond donors (Lipinski definition) is 2. The van der Waals surface area contributed by atoms with E-state index < -0.39 is 0 Å². The van der Waals surface area contributed by atoms with Crippen LogP contribution in [-0.2, 0) is 0 Å². The average molecular weight is 186 g/mol. The molecule has 0 saturated heterocycles. The van der Waals surface area contributed by atoms with Crippen molar-refractivity contribution in [3.05, 3.63) is 23.0 Å². The largest absolute Gasteiger partial charge is 0.494 e. The summed E-state index contributed by atoms with van der Waals surface area (Å²) < 4.78 is 4.87. The van der Waals surface area contributed by atoms with E-state index in [0.29, 0.717) is 11.4 Å². The van der Waals surface area contributed by atoms with E-state index in [2.05, 4.69) is 4.98 Å². The number of nitrogens with one attached hydrogen (secondary N) is 1. The summed E-state index contributed by atoms with van der Waals surface area (Å²) in [6.07, 6.45) is 0. The first-order valence-corrected chi connectivity index (χ1v) is 3.58. The molecule has 0 bridgehead atoms. The molecule has 1 aromatic heterocycles. The molecule has 3 N–H and O–H groups in total. The minimum absolute atomic E-state index is 0.112. The summed E-state index contributed by atoms with van der Waals surface area (Å²) in [5.41, 5.74) is 5.54. The lowest BCUT2D eigenvalue weighted by Crippen LogP contribution is -2.13. The van der Waals surface area contributed by atoms with Crippen LogP contribution in [0.15, 0.2) is 12.1 Å². The van der Waals surface area contributed by atoms with Gasteiger partial charge in [-0.1, -0.05) is 11.6 Å². The fourth-order valence-corrected chi connectivity index (χ4v) is 0.955. The third-order valence-corrected chi connectivity index (χ3v) is 1.58. The van der Waals surface area contributed by atoms with Gasteiger partial charge < -0.3 is 10.5 Å². The molecule has 0 spiro atoms. The van der Waals surface area contributed by atoms with Gasteiger partial charge in [-0.2, -0.15) is 0 Å². The Labute approximate surface area is 74.8 Å². The van der Waals surface area contributed by atoms with E-state index in [1.165, 1.54) is 7.11 Å². The third-order valence-electron chi connectivity index (χ3n) is 1.31. The average Bonchev–Trinajstić information content (AvgIpc) is 2.04. The monoisotopic (exact) mass is 185 g/mol. The lowest BCUT2D eigenvalue weighted by molar-refractivity contribution is 0.413. The van der Waals surface area contributed by atoms with Crippen molar-refractivity contribution in [2.45, 2.75) is 0 Å². The first-order valence-electron chi connectivity index (χ1n) is 3.20. The predicted octanol–water partition coefficient (Wildman–Crippen LogP) is 1.03. The summed E-state index contributed by atoms with van der Waals surface area (Å²) in [6, 6.07) is 3.19. The highest BCUT2D eigenvalue weighted by atomic mass is 35.5. The lowest BCUT2D eigenvalue weighted by Gasteiger charge is -2.02. The molecule has 0 unspecified atom stereocenters. The zero-order valence-corrected chi connectivity index (χ0v) is 7.22. The van der Waals surface area contributed by atoms with Gasteiger partial charge in [0.2, 0.25) is 0 Å². The molecule has 0 atom stereocenters. The normalized spacial score (nSPS) is 9.50. The number of aromatic nitrogens is 1. The van der Waals surface area contributed by atoms with Gasteiger partial charge in [0.05, 0.1) is 7.11 Å². The number of rotatable bonds is 2. The van der Waals surface area contributed by atoms with Gasteiger partial charge in [0.15, 0.2) is 10.9 Å². The SMILES string of the molecule is COc1ccc(C(=N)N)nc1Cl. The summed E-state index contributed by atoms with van der Waals surface area (Å²) in [6.45, 7) is 0. The van der Waals surface area contributed by atoms with E-state index in [1.807, 2.05) is 0 Å². The lowest BCUT2D eigenvalue weighted by atomic mass is 10.3. The van der Waals surface area contributed by atoms with Crippen LogP contribution in [-0.4, -0.2) is 17.9 Å². The van der Waals surface area contributed by atoms with Crippen LogP contribution in [0.5, 0.6) is 5.75 Å². The van der Waals surface area contributed by atoms with E-state index in [0.717, 1.165) is 0 Å². The van der Waals surface area contributed by atoms with E-state index in [-0.39, 0.29) is 11.0 Å². The summed E-state index contributed by atoms with van der Waals surface area (Å²) in [7, 11) is 1.50. The Kier molecular flexibility index (Phi) is 2.50. The molecule has 1 aromatic rings. The Balaban J connectivity index is 3.10. The highest BCUT2D eigenvalue weighted by molar-refractivity contribution is 6.31. The summed E-state index contributed by atoms with van der Waals surface area (Å²) in [5, 5.41) is 7.29. The van der Waals surface area contributed by atoms with Crippen LogP contribution in [0.2, 0.25) is 5.15 Å². The molecule has 1 rings (SSSR count). The number of pyridine rings is 1. The predicted molar refractivity (Wildman–Crippen MR) is 46.8 cm³/mol. The van der Waals surface area contributed by atoms with Crippen molar-refractivity contribution in [2.75, 3.05) is 7.11 Å². The second-order valence-corrected chi connectivity index (χ2v) is 2.46. The highest BCUT2D eigenvalue weighted by Gasteiger charge is 2.04. The first-order chi connectivity index (χ1) is 5.65. The number of amidine groups is 1. The molecule has 0 aliphatic heterocycles. The second kappa shape index (κ2) is 3.40. The molecule has 0 radical (unpaired) electrons. The van der Waals surface area contributed by atoms with E-state index in [4.69, 9.17) is 27.5 Å². The standard InChI is InChI=1S/C7H8ClN3O/c1-12-5-3-2-4(7(9)10)11-6(5)8/h2-3H,1H3,(H3,9,10). The molecule has 1 heterocycles. The third kappa shape index (κ3) is 1.65. The second-order valence-electron chi connectivity index (χ2n) is 2.10. The molecule has 12 heavy (non-hydrogen) atoms. The van der Waals surface area contributed by atoms with Crippen LogP contribution in [0.25, 0.3) is 0 Å². The van der Waals surface area contributed by atoms with Gasteiger partial charge in [-0.25, -0.2) is 4.98 Å². The molecular formula is C7H8ClN3O. The van der Waals surface area contributed by atoms with Gasteiger partial charge in [-0.05, 0) is 12.1 Å². The molecule has 0 aliphatic carbocycles. The number of ether oxygens (including phenoxy) is 1. The number of nitrogens with two attached hydrogens (primary N) is 1. The Morgan fingerprint density at radius 2 is 2.33 bits per heavy atom. The zero-order valence-electron chi connectivity index (χ0n) is 6.47. The van der Waals surface area contributed by atoms with Crippen molar-refractivity contribution >= 4 is 17.4 Å². The minimum Gasteiger partial charge on any atom is -0.494 e. The van der Waals surface area contributed by atoms with Gasteiger partial charge in [0.1, 0.15) is 11.5 Å². The Morgan fingerprint density at radius 3 is 2.75 bits per heavy atom. The van der Waals surface area contributed by atoms with Crippen molar-refractivity contribution in [3.8, 4) is 5.75 Å². The summed E-state index contributed by atoms with van der Waals surface area (Å²) in [4.78, 5) is 3.83. The summed E-state index contributed by atoms with van der Waals surface area (Å²) in [5.74, 6) is 0.362. The van der Waals surface area contributed by atoms with Gasteiger partial charge in [-0.15, -0.1) is 0 Å². The number of hydrogen-bond acceptors (Lipinski definition) is 3. The van der Waals surface area contributed by atoms with E-state index in [1.54, 1.807) is 12.1 Å². The quantitative estimate of drug-likeness (QED) is 0.411. The number of methoxy groups -OCH3 is 1. The van der Waals surface area contributed by atoms with Crippen LogP contribution < -0.4 is 10.5 Å². The van der Waals surface area contributed by atoms with Crippen molar-refractivity contribution in [2.24, 2.45) is 5.73 Å². The summed E-state index contributed by atoms with van der Waals surface area (Å²) >= 11 is 5.69. The van der Waals surface area contributed by atoms with Gasteiger partial charge in [0, 0.05) is 0 Å². The fraction of sp³-hybridized carbons (Fsp3) is 0.143. The van der Waals surface area contributed by atoms with Crippen LogP contribution in [0, 0.1) is 5.41 Å².